The molecule has 0 unspecified atom stereocenters. The fourth-order valence-electron chi connectivity index (χ4n) is 4.83. The SMILES string of the molecule is CC(C)c1ccc([C@H]2C(C(=O)c3cc4ccccc4o3)=C(O)C(=O)N2CCN2CCOCC2)cc1. The molecule has 1 N–H and O–H groups in total. The monoisotopic (exact) mass is 474 g/mol. The Hall–Kier alpha value is -3.42. The number of para-hydroxylation sites is 1. The Morgan fingerprint density at radius 1 is 1.06 bits per heavy atom. The van der Waals surface area contributed by atoms with E-state index >= 15 is 0 Å². The van der Waals surface area contributed by atoms with Crippen molar-refractivity contribution >= 4 is 22.7 Å². The predicted octanol–water partition coefficient (Wildman–Crippen LogP) is 4.47. The number of fused-ring (bicyclic) bond motifs is 1. The average Bonchev–Trinajstić information content (AvgIpc) is 3.42. The summed E-state index contributed by atoms with van der Waals surface area (Å²) >= 11 is 0. The number of ether oxygens (including phenoxy) is 1. The van der Waals surface area contributed by atoms with Crippen LogP contribution >= 0.6 is 0 Å². The molecule has 0 spiro atoms. The summed E-state index contributed by atoms with van der Waals surface area (Å²) in [5.74, 6) is -1.04. The fourth-order valence-corrected chi connectivity index (χ4v) is 4.83. The number of benzene rings is 2. The van der Waals surface area contributed by atoms with Gasteiger partial charge in [-0.3, -0.25) is 14.5 Å². The molecule has 182 valence electrons. The van der Waals surface area contributed by atoms with Crippen LogP contribution in [0.2, 0.25) is 0 Å². The highest BCUT2D eigenvalue weighted by molar-refractivity contribution is 6.16. The molecule has 35 heavy (non-hydrogen) atoms. The third-order valence-corrected chi connectivity index (χ3v) is 6.88. The number of hydrogen-bond donors (Lipinski definition) is 1. The van der Waals surface area contributed by atoms with Crippen molar-refractivity contribution in [2.75, 3.05) is 39.4 Å². The van der Waals surface area contributed by atoms with E-state index in [2.05, 4.69) is 18.7 Å². The van der Waals surface area contributed by atoms with Gasteiger partial charge in [-0.05, 0) is 29.2 Å². The van der Waals surface area contributed by atoms with E-state index in [1.165, 1.54) is 0 Å². The van der Waals surface area contributed by atoms with E-state index in [9.17, 15) is 14.7 Å². The van der Waals surface area contributed by atoms with Crippen LogP contribution in [0.1, 0.15) is 47.5 Å². The van der Waals surface area contributed by atoms with Crippen LogP contribution < -0.4 is 0 Å². The molecule has 1 atom stereocenters. The Balaban J connectivity index is 1.50. The molecular formula is C28H30N2O5. The summed E-state index contributed by atoms with van der Waals surface area (Å²) in [5, 5.41) is 11.7. The van der Waals surface area contributed by atoms with Crippen molar-refractivity contribution in [2.24, 2.45) is 0 Å². The van der Waals surface area contributed by atoms with Crippen LogP contribution in [0.25, 0.3) is 11.0 Å². The van der Waals surface area contributed by atoms with Crippen molar-refractivity contribution in [1.82, 2.24) is 9.80 Å². The van der Waals surface area contributed by atoms with Crippen LogP contribution in [0.15, 0.2) is 70.3 Å². The molecule has 7 nitrogen and oxygen atoms in total. The summed E-state index contributed by atoms with van der Waals surface area (Å²) in [6, 6.07) is 16.3. The summed E-state index contributed by atoms with van der Waals surface area (Å²) in [6.07, 6.45) is 0. The van der Waals surface area contributed by atoms with Crippen LogP contribution in [-0.2, 0) is 9.53 Å². The molecule has 3 aromatic rings. The molecule has 3 heterocycles. The molecule has 1 saturated heterocycles. The summed E-state index contributed by atoms with van der Waals surface area (Å²) in [5.41, 5.74) is 2.60. The lowest BCUT2D eigenvalue weighted by Gasteiger charge is -2.31. The highest BCUT2D eigenvalue weighted by Crippen LogP contribution is 2.40. The number of aliphatic hydroxyl groups is 1. The molecule has 0 aliphatic carbocycles. The molecule has 0 radical (unpaired) electrons. The van der Waals surface area contributed by atoms with E-state index in [0.717, 1.165) is 29.6 Å². The number of Topliss-reactive ketones (excluding diaryl/α,β-unsaturated/α-hetero) is 1. The fraction of sp³-hybridized carbons (Fsp3) is 0.357. The molecule has 7 heteroatoms. The van der Waals surface area contributed by atoms with Gasteiger partial charge in [-0.1, -0.05) is 56.3 Å². The molecule has 1 aromatic heterocycles. The first kappa shape index (κ1) is 23.3. The van der Waals surface area contributed by atoms with E-state index in [-0.39, 0.29) is 11.3 Å². The Labute approximate surface area is 204 Å². The number of rotatable bonds is 7. The van der Waals surface area contributed by atoms with Crippen LogP contribution in [0.5, 0.6) is 0 Å². The predicted molar refractivity (Wildman–Crippen MR) is 132 cm³/mol. The van der Waals surface area contributed by atoms with Crippen molar-refractivity contribution < 1.29 is 23.8 Å². The lowest BCUT2D eigenvalue weighted by molar-refractivity contribution is -0.129. The highest BCUT2D eigenvalue weighted by atomic mass is 16.5. The van der Waals surface area contributed by atoms with Gasteiger partial charge in [-0.2, -0.15) is 0 Å². The molecule has 2 aromatic carbocycles. The van der Waals surface area contributed by atoms with Gasteiger partial charge in [0.2, 0.25) is 5.78 Å². The number of amides is 1. The Bertz CT molecular complexity index is 1230. The zero-order valence-electron chi connectivity index (χ0n) is 20.1. The Morgan fingerprint density at radius 2 is 1.77 bits per heavy atom. The maximum absolute atomic E-state index is 13.7. The second-order valence-electron chi connectivity index (χ2n) is 9.42. The zero-order valence-corrected chi connectivity index (χ0v) is 20.1. The molecule has 1 fully saturated rings. The number of ketones is 1. The minimum atomic E-state index is -0.689. The molecule has 2 aliphatic heterocycles. The third-order valence-electron chi connectivity index (χ3n) is 6.88. The van der Waals surface area contributed by atoms with E-state index in [1.807, 2.05) is 42.5 Å². The molecule has 2 aliphatic rings. The molecular weight excluding hydrogens is 444 g/mol. The van der Waals surface area contributed by atoms with E-state index in [1.54, 1.807) is 17.0 Å². The molecule has 0 saturated carbocycles. The zero-order chi connectivity index (χ0) is 24.5. The summed E-state index contributed by atoms with van der Waals surface area (Å²) in [7, 11) is 0. The van der Waals surface area contributed by atoms with Gasteiger partial charge in [-0.15, -0.1) is 0 Å². The smallest absolute Gasteiger partial charge is 0.290 e. The van der Waals surface area contributed by atoms with Gasteiger partial charge < -0.3 is 19.2 Å². The number of carbonyl (C=O) groups excluding carboxylic acids is 2. The van der Waals surface area contributed by atoms with E-state index < -0.39 is 23.5 Å². The molecule has 5 rings (SSSR count). The second-order valence-corrected chi connectivity index (χ2v) is 9.42. The van der Waals surface area contributed by atoms with Gasteiger partial charge in [0.05, 0.1) is 24.8 Å². The van der Waals surface area contributed by atoms with Gasteiger partial charge in [0.25, 0.3) is 5.91 Å². The summed E-state index contributed by atoms with van der Waals surface area (Å²) < 4.78 is 11.2. The second kappa shape index (κ2) is 9.68. The Morgan fingerprint density at radius 3 is 2.46 bits per heavy atom. The lowest BCUT2D eigenvalue weighted by atomic mass is 9.93. The van der Waals surface area contributed by atoms with Crippen LogP contribution in [0, 0.1) is 0 Å². The maximum Gasteiger partial charge on any atom is 0.290 e. The van der Waals surface area contributed by atoms with Crippen molar-refractivity contribution in [3.8, 4) is 0 Å². The van der Waals surface area contributed by atoms with Gasteiger partial charge in [0.15, 0.2) is 11.5 Å². The van der Waals surface area contributed by atoms with Crippen molar-refractivity contribution in [3.05, 3.63) is 82.8 Å². The van der Waals surface area contributed by atoms with Crippen molar-refractivity contribution in [2.45, 2.75) is 25.8 Å². The summed E-state index contributed by atoms with van der Waals surface area (Å²) in [6.45, 7) is 8.15. The number of hydrogen-bond acceptors (Lipinski definition) is 6. The van der Waals surface area contributed by atoms with E-state index in [0.29, 0.717) is 37.8 Å². The van der Waals surface area contributed by atoms with Crippen LogP contribution in [0.3, 0.4) is 0 Å². The topological polar surface area (TPSA) is 83.2 Å². The maximum atomic E-state index is 13.7. The number of aliphatic hydroxyl groups excluding tert-OH is 1. The largest absolute Gasteiger partial charge is 0.503 e. The lowest BCUT2D eigenvalue weighted by Crippen LogP contribution is -2.43. The number of nitrogens with zero attached hydrogens (tertiary/aromatic N) is 2. The first-order valence-electron chi connectivity index (χ1n) is 12.1. The molecule has 1 amide bonds. The standard InChI is InChI=1S/C28H30N2O5/c1-18(2)19-7-9-20(10-8-19)25-24(26(31)23-17-21-5-3-4-6-22(21)35-23)27(32)28(33)30(25)12-11-29-13-15-34-16-14-29/h3-10,17-18,25,32H,11-16H2,1-2H3/t25-/m0/s1. The molecule has 0 bridgehead atoms. The summed E-state index contributed by atoms with van der Waals surface area (Å²) in [4.78, 5) is 30.7. The minimum absolute atomic E-state index is 0.0633. The minimum Gasteiger partial charge on any atom is -0.503 e. The Kier molecular flexibility index (Phi) is 6.45. The van der Waals surface area contributed by atoms with Crippen LogP contribution in [0.4, 0.5) is 0 Å². The quantitative estimate of drug-likeness (QED) is 0.509. The van der Waals surface area contributed by atoms with E-state index in [4.69, 9.17) is 9.15 Å². The van der Waals surface area contributed by atoms with Crippen LogP contribution in [-0.4, -0.2) is 66.0 Å². The first-order valence-corrected chi connectivity index (χ1v) is 12.1. The van der Waals surface area contributed by atoms with Gasteiger partial charge in [-0.25, -0.2) is 0 Å². The van der Waals surface area contributed by atoms with Gasteiger partial charge in [0.1, 0.15) is 5.58 Å². The van der Waals surface area contributed by atoms with Gasteiger partial charge >= 0.3 is 0 Å². The highest BCUT2D eigenvalue weighted by Gasteiger charge is 2.44. The first-order chi connectivity index (χ1) is 16.9. The normalized spacial score (nSPS) is 19.3. The number of morpholine rings is 1. The average molecular weight is 475 g/mol. The van der Waals surface area contributed by atoms with Gasteiger partial charge in [0, 0.05) is 31.6 Å². The van der Waals surface area contributed by atoms with Crippen molar-refractivity contribution in [1.29, 1.82) is 0 Å². The third kappa shape index (κ3) is 4.49. The number of furan rings is 1. The van der Waals surface area contributed by atoms with Crippen molar-refractivity contribution in [3.63, 3.8) is 0 Å². The number of carbonyl (C=O) groups is 2.